The molecule has 0 saturated carbocycles. The summed E-state index contributed by atoms with van der Waals surface area (Å²) in [5.74, 6) is 0.117. The molecule has 0 bridgehead atoms. The van der Waals surface area contributed by atoms with E-state index in [-0.39, 0.29) is 18.0 Å². The van der Waals surface area contributed by atoms with Crippen molar-refractivity contribution in [2.45, 2.75) is 32.9 Å². The normalized spacial score (nSPS) is 24.8. The number of carbonyl (C=O) groups excluding carboxylic acids is 1. The molecule has 3 nitrogen and oxygen atoms in total. The molecule has 0 spiro atoms. The molecule has 0 aromatic heterocycles. The minimum atomic E-state index is 0.117. The fourth-order valence-electron chi connectivity index (χ4n) is 2.36. The van der Waals surface area contributed by atoms with Gasteiger partial charge in [-0.25, -0.2) is 0 Å². The summed E-state index contributed by atoms with van der Waals surface area (Å²) in [6.07, 6.45) is 0. The number of aryl methyl sites for hydroxylation is 1. The van der Waals surface area contributed by atoms with E-state index in [1.54, 1.807) is 0 Å². The van der Waals surface area contributed by atoms with Gasteiger partial charge in [-0.1, -0.05) is 18.2 Å². The molecule has 1 aliphatic rings. The number of morpholine rings is 1. The molecule has 1 aromatic carbocycles. The fraction of sp³-hybridized carbons (Fsp3) is 0.500. The van der Waals surface area contributed by atoms with Crippen LogP contribution < -0.4 is 0 Å². The molecular formula is C14H19NO2. The number of hydrogen-bond acceptors (Lipinski definition) is 2. The van der Waals surface area contributed by atoms with Crippen molar-refractivity contribution in [1.29, 1.82) is 0 Å². The summed E-state index contributed by atoms with van der Waals surface area (Å²) in [5, 5.41) is 0. The molecule has 1 heterocycles. The van der Waals surface area contributed by atoms with E-state index < -0.39 is 0 Å². The third-order valence-corrected chi connectivity index (χ3v) is 3.28. The van der Waals surface area contributed by atoms with Crippen molar-refractivity contribution in [3.8, 4) is 0 Å². The van der Waals surface area contributed by atoms with Crippen LogP contribution in [0.15, 0.2) is 24.3 Å². The van der Waals surface area contributed by atoms with Crippen LogP contribution in [0.25, 0.3) is 0 Å². The van der Waals surface area contributed by atoms with E-state index in [1.807, 2.05) is 49.9 Å². The Bertz CT molecular complexity index is 406. The van der Waals surface area contributed by atoms with Crippen molar-refractivity contribution in [2.75, 3.05) is 13.2 Å². The lowest BCUT2D eigenvalue weighted by Gasteiger charge is -2.39. The maximum atomic E-state index is 12.5. The van der Waals surface area contributed by atoms with Gasteiger partial charge >= 0.3 is 0 Å². The molecule has 0 radical (unpaired) electrons. The van der Waals surface area contributed by atoms with Crippen LogP contribution >= 0.6 is 0 Å². The second kappa shape index (κ2) is 4.88. The number of ether oxygens (including phenoxy) is 1. The van der Waals surface area contributed by atoms with Gasteiger partial charge in [0.05, 0.1) is 25.3 Å². The highest BCUT2D eigenvalue weighted by Crippen LogP contribution is 2.18. The third kappa shape index (κ3) is 2.34. The average Bonchev–Trinajstić information content (AvgIpc) is 2.29. The Morgan fingerprint density at radius 1 is 1.24 bits per heavy atom. The Morgan fingerprint density at radius 2 is 1.82 bits per heavy atom. The topological polar surface area (TPSA) is 29.5 Å². The van der Waals surface area contributed by atoms with Gasteiger partial charge in [-0.15, -0.1) is 0 Å². The van der Waals surface area contributed by atoms with Crippen molar-refractivity contribution in [1.82, 2.24) is 4.90 Å². The minimum absolute atomic E-state index is 0.117. The van der Waals surface area contributed by atoms with Gasteiger partial charge in [0.15, 0.2) is 0 Å². The van der Waals surface area contributed by atoms with Gasteiger partial charge < -0.3 is 9.64 Å². The van der Waals surface area contributed by atoms with E-state index in [9.17, 15) is 4.79 Å². The second-order valence-corrected chi connectivity index (χ2v) is 4.76. The number of rotatable bonds is 1. The second-order valence-electron chi connectivity index (χ2n) is 4.76. The molecular weight excluding hydrogens is 214 g/mol. The highest BCUT2D eigenvalue weighted by molar-refractivity contribution is 5.96. The van der Waals surface area contributed by atoms with E-state index in [1.165, 1.54) is 0 Å². The smallest absolute Gasteiger partial charge is 0.254 e. The van der Waals surface area contributed by atoms with Crippen LogP contribution in [0.1, 0.15) is 29.8 Å². The highest BCUT2D eigenvalue weighted by atomic mass is 16.5. The molecule has 3 heteroatoms. The predicted molar refractivity (Wildman–Crippen MR) is 67.1 cm³/mol. The maximum Gasteiger partial charge on any atom is 0.254 e. The number of carbonyl (C=O) groups is 1. The van der Waals surface area contributed by atoms with Crippen LogP contribution in [-0.2, 0) is 4.74 Å². The molecule has 1 fully saturated rings. The first-order valence-corrected chi connectivity index (χ1v) is 6.07. The van der Waals surface area contributed by atoms with Gasteiger partial charge in [-0.3, -0.25) is 4.79 Å². The summed E-state index contributed by atoms with van der Waals surface area (Å²) in [5.41, 5.74) is 1.83. The summed E-state index contributed by atoms with van der Waals surface area (Å²) in [7, 11) is 0. The van der Waals surface area contributed by atoms with Crippen LogP contribution in [0, 0.1) is 6.92 Å². The SMILES string of the molecule is Cc1ccccc1C(=O)N1C(C)COCC1C. The van der Waals surface area contributed by atoms with Crippen molar-refractivity contribution in [2.24, 2.45) is 0 Å². The van der Waals surface area contributed by atoms with E-state index >= 15 is 0 Å². The van der Waals surface area contributed by atoms with Gasteiger partial charge in [0.1, 0.15) is 0 Å². The first-order chi connectivity index (χ1) is 8.11. The average molecular weight is 233 g/mol. The van der Waals surface area contributed by atoms with Crippen LogP contribution in [0.4, 0.5) is 0 Å². The van der Waals surface area contributed by atoms with E-state index in [0.717, 1.165) is 11.1 Å². The third-order valence-electron chi connectivity index (χ3n) is 3.28. The standard InChI is InChI=1S/C14H19NO2/c1-10-6-4-5-7-13(10)14(16)15-11(2)8-17-9-12(15)3/h4-7,11-12H,8-9H2,1-3H3. The number of amides is 1. The fourth-order valence-corrected chi connectivity index (χ4v) is 2.36. The maximum absolute atomic E-state index is 12.5. The molecule has 0 N–H and O–H groups in total. The molecule has 1 aliphatic heterocycles. The summed E-state index contributed by atoms with van der Waals surface area (Å²) in [6.45, 7) is 7.30. The van der Waals surface area contributed by atoms with Crippen LogP contribution in [-0.4, -0.2) is 36.1 Å². The number of hydrogen-bond donors (Lipinski definition) is 0. The zero-order valence-electron chi connectivity index (χ0n) is 10.6. The van der Waals surface area contributed by atoms with Crippen molar-refractivity contribution < 1.29 is 9.53 Å². The Kier molecular flexibility index (Phi) is 3.48. The summed E-state index contributed by atoms with van der Waals surface area (Å²) < 4.78 is 5.45. The van der Waals surface area contributed by atoms with Gasteiger partial charge in [-0.05, 0) is 32.4 Å². The predicted octanol–water partition coefficient (Wildman–Crippen LogP) is 2.24. The zero-order chi connectivity index (χ0) is 12.4. The summed E-state index contributed by atoms with van der Waals surface area (Å²) in [4.78, 5) is 14.4. The number of benzene rings is 1. The molecule has 17 heavy (non-hydrogen) atoms. The molecule has 1 aromatic rings. The first kappa shape index (κ1) is 12.1. The zero-order valence-corrected chi connectivity index (χ0v) is 10.6. The van der Waals surface area contributed by atoms with Gasteiger partial charge in [0, 0.05) is 5.56 Å². The van der Waals surface area contributed by atoms with Crippen LogP contribution in [0.2, 0.25) is 0 Å². The Labute approximate surface area is 102 Å². The first-order valence-electron chi connectivity index (χ1n) is 6.07. The number of nitrogens with zero attached hydrogens (tertiary/aromatic N) is 1. The largest absolute Gasteiger partial charge is 0.377 e. The quantitative estimate of drug-likeness (QED) is 0.744. The Hall–Kier alpha value is -1.35. The van der Waals surface area contributed by atoms with E-state index in [2.05, 4.69) is 0 Å². The summed E-state index contributed by atoms with van der Waals surface area (Å²) >= 11 is 0. The van der Waals surface area contributed by atoms with Crippen molar-refractivity contribution in [3.05, 3.63) is 35.4 Å². The van der Waals surface area contributed by atoms with Gasteiger partial charge in [0.2, 0.25) is 0 Å². The van der Waals surface area contributed by atoms with Crippen LogP contribution in [0.3, 0.4) is 0 Å². The Balaban J connectivity index is 2.27. The lowest BCUT2D eigenvalue weighted by atomic mass is 10.0. The van der Waals surface area contributed by atoms with Crippen molar-refractivity contribution >= 4 is 5.91 Å². The highest BCUT2D eigenvalue weighted by Gasteiger charge is 2.30. The molecule has 2 atom stereocenters. The summed E-state index contributed by atoms with van der Waals surface area (Å²) in [6, 6.07) is 8.03. The molecule has 0 aliphatic carbocycles. The molecule has 1 saturated heterocycles. The lowest BCUT2D eigenvalue weighted by Crippen LogP contribution is -2.52. The molecule has 92 valence electrons. The van der Waals surface area contributed by atoms with Gasteiger partial charge in [0.25, 0.3) is 5.91 Å². The van der Waals surface area contributed by atoms with Crippen LogP contribution in [0.5, 0.6) is 0 Å². The van der Waals surface area contributed by atoms with E-state index in [0.29, 0.717) is 13.2 Å². The molecule has 2 rings (SSSR count). The minimum Gasteiger partial charge on any atom is -0.377 e. The van der Waals surface area contributed by atoms with E-state index in [4.69, 9.17) is 4.74 Å². The Morgan fingerprint density at radius 3 is 2.41 bits per heavy atom. The van der Waals surface area contributed by atoms with Crippen molar-refractivity contribution in [3.63, 3.8) is 0 Å². The molecule has 2 unspecified atom stereocenters. The molecule has 1 amide bonds. The lowest BCUT2D eigenvalue weighted by molar-refractivity contribution is -0.0249. The monoisotopic (exact) mass is 233 g/mol. The van der Waals surface area contributed by atoms with Gasteiger partial charge in [-0.2, -0.15) is 0 Å².